The molecule has 0 aliphatic heterocycles. The highest BCUT2D eigenvalue weighted by Crippen LogP contribution is 2.33. The maximum absolute atomic E-state index is 11.9. The molecule has 0 saturated heterocycles. The summed E-state index contributed by atoms with van der Waals surface area (Å²) in [5.41, 5.74) is 0.984. The molecule has 0 amide bonds. The molecule has 0 spiro atoms. The SMILES string of the molecule is CCCn1cnc(CC2CC2)c(Br)c1=O. The zero-order valence-electron chi connectivity index (χ0n) is 8.87. The lowest BCUT2D eigenvalue weighted by Crippen LogP contribution is -2.22. The van der Waals surface area contributed by atoms with Crippen molar-refractivity contribution in [1.29, 1.82) is 0 Å². The van der Waals surface area contributed by atoms with Crippen molar-refractivity contribution < 1.29 is 0 Å². The molecule has 4 heteroatoms. The second-order valence-electron chi connectivity index (χ2n) is 4.15. The topological polar surface area (TPSA) is 34.9 Å². The highest BCUT2D eigenvalue weighted by molar-refractivity contribution is 9.10. The fourth-order valence-corrected chi connectivity index (χ4v) is 2.13. The fraction of sp³-hybridized carbons (Fsp3) is 0.636. The molecule has 1 fully saturated rings. The Labute approximate surface area is 97.7 Å². The van der Waals surface area contributed by atoms with E-state index in [9.17, 15) is 4.79 Å². The normalized spacial score (nSPS) is 15.6. The van der Waals surface area contributed by atoms with E-state index < -0.39 is 0 Å². The van der Waals surface area contributed by atoms with Gasteiger partial charge >= 0.3 is 0 Å². The molecule has 0 unspecified atom stereocenters. The lowest BCUT2D eigenvalue weighted by molar-refractivity contribution is 0.627. The fourth-order valence-electron chi connectivity index (χ4n) is 1.64. The lowest BCUT2D eigenvalue weighted by atomic mass is 10.2. The predicted molar refractivity (Wildman–Crippen MR) is 62.9 cm³/mol. The average Bonchev–Trinajstić information content (AvgIpc) is 3.02. The first-order chi connectivity index (χ1) is 7.22. The lowest BCUT2D eigenvalue weighted by Gasteiger charge is -2.06. The van der Waals surface area contributed by atoms with Crippen LogP contribution >= 0.6 is 15.9 Å². The summed E-state index contributed by atoms with van der Waals surface area (Å²) >= 11 is 3.36. The minimum Gasteiger partial charge on any atom is -0.298 e. The van der Waals surface area contributed by atoms with E-state index in [4.69, 9.17) is 0 Å². The number of halogens is 1. The molecule has 1 aromatic heterocycles. The van der Waals surface area contributed by atoms with Crippen LogP contribution in [-0.2, 0) is 13.0 Å². The Balaban J connectivity index is 2.26. The Morgan fingerprint density at radius 3 is 2.93 bits per heavy atom. The minimum atomic E-state index is 0.0579. The van der Waals surface area contributed by atoms with E-state index in [1.807, 2.05) is 0 Å². The van der Waals surface area contributed by atoms with Crippen LogP contribution in [-0.4, -0.2) is 9.55 Å². The van der Waals surface area contributed by atoms with Crippen LogP contribution in [0.5, 0.6) is 0 Å². The Hall–Kier alpha value is -0.640. The molecule has 1 heterocycles. The van der Waals surface area contributed by atoms with E-state index in [2.05, 4.69) is 27.8 Å². The molecule has 1 aliphatic rings. The standard InChI is InChI=1S/C11H15BrN2O/c1-2-5-14-7-13-9(6-8-3-4-8)10(12)11(14)15/h7-8H,2-6H2,1H3. The summed E-state index contributed by atoms with van der Waals surface area (Å²) in [6.07, 6.45) is 6.14. The van der Waals surface area contributed by atoms with E-state index >= 15 is 0 Å². The van der Waals surface area contributed by atoms with Gasteiger partial charge < -0.3 is 0 Å². The van der Waals surface area contributed by atoms with Gasteiger partial charge in [0.15, 0.2) is 0 Å². The van der Waals surface area contributed by atoms with Crippen LogP contribution in [0.1, 0.15) is 31.9 Å². The third-order valence-corrected chi connectivity index (χ3v) is 3.50. The maximum atomic E-state index is 11.9. The van der Waals surface area contributed by atoms with E-state index in [0.717, 1.165) is 31.0 Å². The Morgan fingerprint density at radius 2 is 2.33 bits per heavy atom. The summed E-state index contributed by atoms with van der Waals surface area (Å²) in [4.78, 5) is 16.2. The van der Waals surface area contributed by atoms with Gasteiger partial charge in [0.25, 0.3) is 5.56 Å². The highest BCUT2D eigenvalue weighted by Gasteiger charge is 2.24. The van der Waals surface area contributed by atoms with Gasteiger partial charge in [-0.05, 0) is 47.5 Å². The van der Waals surface area contributed by atoms with E-state index in [0.29, 0.717) is 4.47 Å². The number of aromatic nitrogens is 2. The Morgan fingerprint density at radius 1 is 1.60 bits per heavy atom. The first-order valence-electron chi connectivity index (χ1n) is 5.46. The van der Waals surface area contributed by atoms with E-state index in [-0.39, 0.29) is 5.56 Å². The molecule has 0 atom stereocenters. The Kier molecular flexibility index (Phi) is 3.24. The van der Waals surface area contributed by atoms with Crippen LogP contribution < -0.4 is 5.56 Å². The van der Waals surface area contributed by atoms with Gasteiger partial charge in [-0.1, -0.05) is 6.92 Å². The van der Waals surface area contributed by atoms with Crippen molar-refractivity contribution in [3.8, 4) is 0 Å². The number of hydrogen-bond donors (Lipinski definition) is 0. The van der Waals surface area contributed by atoms with Gasteiger partial charge in [-0.3, -0.25) is 9.36 Å². The smallest absolute Gasteiger partial charge is 0.267 e. The monoisotopic (exact) mass is 270 g/mol. The van der Waals surface area contributed by atoms with Gasteiger partial charge in [0.2, 0.25) is 0 Å². The van der Waals surface area contributed by atoms with Crippen LogP contribution in [0.15, 0.2) is 15.6 Å². The van der Waals surface area contributed by atoms with Gasteiger partial charge in [0, 0.05) is 6.54 Å². The molecule has 82 valence electrons. The van der Waals surface area contributed by atoms with Gasteiger partial charge in [-0.2, -0.15) is 0 Å². The van der Waals surface area contributed by atoms with Crippen molar-refractivity contribution in [2.24, 2.45) is 5.92 Å². The van der Waals surface area contributed by atoms with Crippen molar-refractivity contribution in [1.82, 2.24) is 9.55 Å². The molecule has 1 aliphatic carbocycles. The van der Waals surface area contributed by atoms with Crippen molar-refractivity contribution in [3.63, 3.8) is 0 Å². The predicted octanol–water partition coefficient (Wildman–Crippen LogP) is 2.37. The summed E-state index contributed by atoms with van der Waals surface area (Å²) in [5, 5.41) is 0. The first-order valence-corrected chi connectivity index (χ1v) is 6.25. The molecular formula is C11H15BrN2O. The van der Waals surface area contributed by atoms with E-state index in [1.54, 1.807) is 10.9 Å². The molecule has 1 aromatic rings. The van der Waals surface area contributed by atoms with Gasteiger partial charge in [-0.15, -0.1) is 0 Å². The molecule has 2 rings (SSSR count). The number of nitrogens with zero attached hydrogens (tertiary/aromatic N) is 2. The van der Waals surface area contributed by atoms with Crippen molar-refractivity contribution >= 4 is 15.9 Å². The molecule has 3 nitrogen and oxygen atoms in total. The van der Waals surface area contributed by atoms with Crippen molar-refractivity contribution in [2.45, 2.75) is 39.2 Å². The second-order valence-corrected chi connectivity index (χ2v) is 4.94. The second kappa shape index (κ2) is 4.47. The third-order valence-electron chi connectivity index (χ3n) is 2.70. The molecule has 0 radical (unpaired) electrons. The highest BCUT2D eigenvalue weighted by atomic mass is 79.9. The minimum absolute atomic E-state index is 0.0579. The summed E-state index contributed by atoms with van der Waals surface area (Å²) < 4.78 is 2.32. The summed E-state index contributed by atoms with van der Waals surface area (Å²) in [5.74, 6) is 0.759. The number of hydrogen-bond acceptors (Lipinski definition) is 2. The first kappa shape index (κ1) is 10.9. The van der Waals surface area contributed by atoms with Gasteiger partial charge in [0.05, 0.1) is 12.0 Å². The zero-order valence-corrected chi connectivity index (χ0v) is 10.5. The van der Waals surface area contributed by atoms with Crippen molar-refractivity contribution in [2.75, 3.05) is 0 Å². The van der Waals surface area contributed by atoms with Crippen LogP contribution in [0.3, 0.4) is 0 Å². The van der Waals surface area contributed by atoms with Gasteiger partial charge in [-0.25, -0.2) is 4.98 Å². The van der Waals surface area contributed by atoms with Crippen molar-refractivity contribution in [3.05, 3.63) is 26.8 Å². The zero-order chi connectivity index (χ0) is 10.8. The maximum Gasteiger partial charge on any atom is 0.267 e. The number of rotatable bonds is 4. The quantitative estimate of drug-likeness (QED) is 0.842. The van der Waals surface area contributed by atoms with Gasteiger partial charge in [0.1, 0.15) is 4.47 Å². The summed E-state index contributed by atoms with van der Waals surface area (Å²) in [6.45, 7) is 2.80. The average molecular weight is 271 g/mol. The molecular weight excluding hydrogens is 256 g/mol. The number of aryl methyl sites for hydroxylation is 1. The largest absolute Gasteiger partial charge is 0.298 e. The molecule has 0 aromatic carbocycles. The molecule has 0 bridgehead atoms. The summed E-state index contributed by atoms with van der Waals surface area (Å²) in [6, 6.07) is 0. The summed E-state index contributed by atoms with van der Waals surface area (Å²) in [7, 11) is 0. The van der Waals surface area contributed by atoms with E-state index in [1.165, 1.54) is 12.8 Å². The Bertz CT molecular complexity index is 410. The van der Waals surface area contributed by atoms with Crippen LogP contribution in [0.2, 0.25) is 0 Å². The van der Waals surface area contributed by atoms with Crippen LogP contribution in [0.4, 0.5) is 0 Å². The van der Waals surface area contributed by atoms with Crippen LogP contribution in [0.25, 0.3) is 0 Å². The third kappa shape index (κ3) is 2.48. The molecule has 1 saturated carbocycles. The van der Waals surface area contributed by atoms with Crippen LogP contribution in [0, 0.1) is 5.92 Å². The molecule has 0 N–H and O–H groups in total. The molecule has 15 heavy (non-hydrogen) atoms.